The van der Waals surface area contributed by atoms with E-state index >= 15 is 0 Å². The summed E-state index contributed by atoms with van der Waals surface area (Å²) < 4.78 is 19.7. The van der Waals surface area contributed by atoms with Crippen LogP contribution in [0.3, 0.4) is 0 Å². The maximum Gasteiger partial charge on any atom is 0.336 e. The van der Waals surface area contributed by atoms with Crippen LogP contribution in [0.5, 0.6) is 0 Å². The molecule has 0 aliphatic rings. The Hall–Kier alpha value is -1.75. The van der Waals surface area contributed by atoms with Gasteiger partial charge in [-0.15, -0.1) is 0 Å². The third kappa shape index (κ3) is 10.6. The molecule has 0 aromatic heterocycles. The van der Waals surface area contributed by atoms with Crippen LogP contribution in [0.1, 0.15) is 12.8 Å². The summed E-state index contributed by atoms with van der Waals surface area (Å²) in [4.78, 5) is 32.8. The SMILES string of the molecule is COCCOCCOCCOC(=O)CC(O)(CC(=O)O)C(=O)O. The summed E-state index contributed by atoms with van der Waals surface area (Å²) in [6, 6.07) is 0. The zero-order valence-corrected chi connectivity index (χ0v) is 12.9. The number of hydrogen-bond donors (Lipinski definition) is 3. The maximum absolute atomic E-state index is 11.4. The minimum Gasteiger partial charge on any atom is -0.481 e. The highest BCUT2D eigenvalue weighted by atomic mass is 16.6. The van der Waals surface area contributed by atoms with Crippen LogP contribution in [0.2, 0.25) is 0 Å². The molecule has 0 spiro atoms. The first-order chi connectivity index (χ1) is 10.8. The average molecular weight is 338 g/mol. The number of aliphatic hydroxyl groups is 1. The van der Waals surface area contributed by atoms with E-state index in [2.05, 4.69) is 4.74 Å². The van der Waals surface area contributed by atoms with Gasteiger partial charge in [0.05, 0.1) is 45.9 Å². The van der Waals surface area contributed by atoms with E-state index in [4.69, 9.17) is 24.4 Å². The molecule has 10 heteroatoms. The van der Waals surface area contributed by atoms with E-state index in [9.17, 15) is 19.5 Å². The molecule has 1 atom stereocenters. The number of esters is 1. The van der Waals surface area contributed by atoms with Crippen molar-refractivity contribution in [1.29, 1.82) is 0 Å². The van der Waals surface area contributed by atoms with Gasteiger partial charge in [0, 0.05) is 7.11 Å². The predicted octanol–water partition coefficient (Wildman–Crippen LogP) is -1.11. The molecule has 0 rings (SSSR count). The van der Waals surface area contributed by atoms with Crippen molar-refractivity contribution in [1.82, 2.24) is 0 Å². The van der Waals surface area contributed by atoms with Gasteiger partial charge in [0.1, 0.15) is 6.61 Å². The summed E-state index contributed by atoms with van der Waals surface area (Å²) in [6.07, 6.45) is -2.07. The molecule has 134 valence electrons. The Morgan fingerprint density at radius 1 is 0.870 bits per heavy atom. The molecule has 10 nitrogen and oxygen atoms in total. The van der Waals surface area contributed by atoms with Crippen molar-refractivity contribution < 1.29 is 48.7 Å². The van der Waals surface area contributed by atoms with Crippen molar-refractivity contribution in [3.63, 3.8) is 0 Å². The lowest BCUT2D eigenvalue weighted by molar-refractivity contribution is -0.172. The number of methoxy groups -OCH3 is 1. The normalized spacial score (nSPS) is 13.3. The van der Waals surface area contributed by atoms with E-state index in [1.807, 2.05) is 0 Å². The number of ether oxygens (including phenoxy) is 4. The minimum absolute atomic E-state index is 0.0593. The molecule has 0 aromatic rings. The van der Waals surface area contributed by atoms with E-state index < -0.39 is 36.4 Å². The maximum atomic E-state index is 11.4. The van der Waals surface area contributed by atoms with Gasteiger partial charge in [-0.25, -0.2) is 4.79 Å². The van der Waals surface area contributed by atoms with Gasteiger partial charge in [-0.1, -0.05) is 0 Å². The number of carboxylic acid groups (broad SMARTS) is 2. The molecule has 0 bridgehead atoms. The van der Waals surface area contributed by atoms with Gasteiger partial charge in [0.15, 0.2) is 5.60 Å². The first-order valence-corrected chi connectivity index (χ1v) is 6.79. The number of carboxylic acids is 2. The van der Waals surface area contributed by atoms with Crippen molar-refractivity contribution in [2.24, 2.45) is 0 Å². The highest BCUT2D eigenvalue weighted by molar-refractivity contribution is 5.88. The first kappa shape index (κ1) is 21.2. The largest absolute Gasteiger partial charge is 0.481 e. The van der Waals surface area contributed by atoms with Crippen molar-refractivity contribution in [2.75, 3.05) is 46.8 Å². The molecule has 0 heterocycles. The monoisotopic (exact) mass is 338 g/mol. The van der Waals surface area contributed by atoms with Crippen molar-refractivity contribution in [3.05, 3.63) is 0 Å². The zero-order chi connectivity index (χ0) is 17.7. The quantitative estimate of drug-likeness (QED) is 0.263. The van der Waals surface area contributed by atoms with Crippen LogP contribution in [0.15, 0.2) is 0 Å². The summed E-state index contributed by atoms with van der Waals surface area (Å²) in [6.45, 7) is 1.43. The highest BCUT2D eigenvalue weighted by Gasteiger charge is 2.41. The molecule has 0 saturated heterocycles. The molecule has 1 unspecified atom stereocenters. The van der Waals surface area contributed by atoms with E-state index in [-0.39, 0.29) is 19.8 Å². The molecule has 0 saturated carbocycles. The Bertz CT molecular complexity index is 383. The smallest absolute Gasteiger partial charge is 0.336 e. The Balaban J connectivity index is 3.85. The Kier molecular flexibility index (Phi) is 10.9. The molecule has 23 heavy (non-hydrogen) atoms. The van der Waals surface area contributed by atoms with E-state index in [1.165, 1.54) is 0 Å². The van der Waals surface area contributed by atoms with Crippen LogP contribution in [-0.4, -0.2) is 85.6 Å². The lowest BCUT2D eigenvalue weighted by atomic mass is 9.96. The van der Waals surface area contributed by atoms with Crippen molar-refractivity contribution in [3.8, 4) is 0 Å². The predicted molar refractivity (Wildman–Crippen MR) is 73.9 cm³/mol. The van der Waals surface area contributed by atoms with Gasteiger partial charge in [-0.3, -0.25) is 9.59 Å². The van der Waals surface area contributed by atoms with E-state index in [1.54, 1.807) is 7.11 Å². The van der Waals surface area contributed by atoms with Gasteiger partial charge in [0.25, 0.3) is 0 Å². The molecule has 3 N–H and O–H groups in total. The molecule has 0 fully saturated rings. The summed E-state index contributed by atoms with van der Waals surface area (Å²) in [5.41, 5.74) is -2.70. The van der Waals surface area contributed by atoms with Crippen LogP contribution in [0, 0.1) is 0 Å². The standard InChI is InChI=1S/C13H22O10/c1-20-2-3-21-4-5-22-6-7-23-11(16)9-13(19,12(17)18)8-10(14)15/h19H,2-9H2,1H3,(H,14,15)(H,17,18). The minimum atomic E-state index is -2.70. The second kappa shape index (κ2) is 11.8. The Labute approximate surface area is 132 Å². The third-order valence-corrected chi connectivity index (χ3v) is 2.57. The van der Waals surface area contributed by atoms with Crippen LogP contribution < -0.4 is 0 Å². The van der Waals surface area contributed by atoms with Gasteiger partial charge in [0.2, 0.25) is 0 Å². The van der Waals surface area contributed by atoms with Crippen LogP contribution in [0.25, 0.3) is 0 Å². The average Bonchev–Trinajstić information content (AvgIpc) is 2.44. The fourth-order valence-electron chi connectivity index (χ4n) is 1.43. The highest BCUT2D eigenvalue weighted by Crippen LogP contribution is 2.16. The molecular formula is C13H22O10. The van der Waals surface area contributed by atoms with Gasteiger partial charge >= 0.3 is 17.9 Å². The molecule has 0 aliphatic heterocycles. The van der Waals surface area contributed by atoms with Crippen LogP contribution >= 0.6 is 0 Å². The van der Waals surface area contributed by atoms with Crippen LogP contribution in [-0.2, 0) is 33.3 Å². The molecule has 0 aromatic carbocycles. The second-order valence-electron chi connectivity index (χ2n) is 4.52. The first-order valence-electron chi connectivity index (χ1n) is 6.79. The summed E-state index contributed by atoms with van der Waals surface area (Å²) in [5, 5.41) is 27.0. The van der Waals surface area contributed by atoms with E-state index in [0.717, 1.165) is 0 Å². The molecule has 0 aliphatic carbocycles. The molecule has 0 amide bonds. The number of rotatable bonds is 14. The van der Waals surface area contributed by atoms with Crippen LogP contribution in [0.4, 0.5) is 0 Å². The zero-order valence-electron chi connectivity index (χ0n) is 12.9. The number of aliphatic carboxylic acids is 2. The molecular weight excluding hydrogens is 316 g/mol. The van der Waals surface area contributed by atoms with Gasteiger partial charge in [-0.05, 0) is 0 Å². The summed E-state index contributed by atoms with van der Waals surface area (Å²) in [7, 11) is 1.55. The van der Waals surface area contributed by atoms with Crippen molar-refractivity contribution >= 4 is 17.9 Å². The lowest BCUT2D eigenvalue weighted by Crippen LogP contribution is -2.43. The summed E-state index contributed by atoms with van der Waals surface area (Å²) in [5.74, 6) is -4.38. The fourth-order valence-corrected chi connectivity index (χ4v) is 1.43. The lowest BCUT2D eigenvalue weighted by Gasteiger charge is -2.20. The number of carbonyl (C=O) groups is 3. The topological polar surface area (TPSA) is 149 Å². The summed E-state index contributed by atoms with van der Waals surface area (Å²) >= 11 is 0. The van der Waals surface area contributed by atoms with Crippen molar-refractivity contribution in [2.45, 2.75) is 18.4 Å². The fraction of sp³-hybridized carbons (Fsp3) is 0.769. The molecule has 0 radical (unpaired) electrons. The number of hydrogen-bond acceptors (Lipinski definition) is 8. The van der Waals surface area contributed by atoms with Gasteiger partial charge in [-0.2, -0.15) is 0 Å². The third-order valence-electron chi connectivity index (χ3n) is 2.57. The second-order valence-corrected chi connectivity index (χ2v) is 4.52. The van der Waals surface area contributed by atoms with E-state index in [0.29, 0.717) is 19.8 Å². The number of carbonyl (C=O) groups excluding carboxylic acids is 1. The Morgan fingerprint density at radius 2 is 1.39 bits per heavy atom. The van der Waals surface area contributed by atoms with Gasteiger partial charge < -0.3 is 34.3 Å². The Morgan fingerprint density at radius 3 is 1.87 bits per heavy atom.